The number of halogens is 1. The van der Waals surface area contributed by atoms with E-state index in [2.05, 4.69) is 0 Å². The highest BCUT2D eigenvalue weighted by Gasteiger charge is 1.95. The van der Waals surface area contributed by atoms with Gasteiger partial charge in [0.05, 0.1) is 13.2 Å². The fraction of sp³-hybridized carbons (Fsp3) is 0.875. The number of ether oxygens (including phenoxy) is 3. The lowest BCUT2D eigenvalue weighted by Crippen LogP contribution is -2.07. The van der Waals surface area contributed by atoms with Crippen LogP contribution in [0, 0.1) is 0 Å². The fourth-order valence-electron chi connectivity index (χ4n) is 0.660. The summed E-state index contributed by atoms with van der Waals surface area (Å²) in [5, 5.41) is -0.472. The van der Waals surface area contributed by atoms with E-state index in [0.29, 0.717) is 26.4 Å². The first-order valence-electron chi connectivity index (χ1n) is 4.10. The van der Waals surface area contributed by atoms with Crippen LogP contribution < -0.4 is 0 Å². The van der Waals surface area contributed by atoms with E-state index in [1.165, 1.54) is 0 Å². The van der Waals surface area contributed by atoms with Gasteiger partial charge in [-0.15, -0.1) is 0 Å². The molecule has 0 rings (SSSR count). The Bertz CT molecular complexity index is 129. The van der Waals surface area contributed by atoms with Crippen molar-refractivity contribution in [3.05, 3.63) is 0 Å². The van der Waals surface area contributed by atoms with Gasteiger partial charge in [-0.05, 0) is 18.0 Å². The topological polar surface area (TPSA) is 44.8 Å². The molecule has 0 aromatic rings. The second-order valence-electron chi connectivity index (χ2n) is 2.37. The number of carbonyl (C=O) groups is 1. The Morgan fingerprint density at radius 1 is 1.15 bits per heavy atom. The zero-order valence-electron chi connectivity index (χ0n) is 7.75. The highest BCUT2D eigenvalue weighted by molar-refractivity contribution is 6.63. The molecule has 0 fully saturated rings. The molecule has 0 aromatic carbocycles. The van der Waals surface area contributed by atoms with Crippen LogP contribution in [-0.4, -0.2) is 45.4 Å². The van der Waals surface area contributed by atoms with Crippen molar-refractivity contribution in [3.8, 4) is 0 Å². The maximum Gasteiger partial charge on any atom is 0.247 e. The largest absolute Gasteiger partial charge is 0.382 e. The van der Waals surface area contributed by atoms with E-state index in [9.17, 15) is 4.79 Å². The van der Waals surface area contributed by atoms with Gasteiger partial charge >= 0.3 is 0 Å². The summed E-state index contributed by atoms with van der Waals surface area (Å²) >= 11 is 5.05. The van der Waals surface area contributed by atoms with E-state index in [1.54, 1.807) is 7.11 Å². The molecule has 0 aromatic heterocycles. The second-order valence-corrected chi connectivity index (χ2v) is 2.79. The van der Waals surface area contributed by atoms with Crippen LogP contribution in [0.1, 0.15) is 6.42 Å². The predicted octanol–water partition coefficient (Wildman–Crippen LogP) is 0.821. The summed E-state index contributed by atoms with van der Waals surface area (Å²) < 4.78 is 14.8. The van der Waals surface area contributed by atoms with Crippen LogP contribution in [0.15, 0.2) is 0 Å². The van der Waals surface area contributed by atoms with Crippen molar-refractivity contribution in [1.82, 2.24) is 0 Å². The Morgan fingerprint density at radius 3 is 2.46 bits per heavy atom. The van der Waals surface area contributed by atoms with E-state index in [4.69, 9.17) is 25.8 Å². The molecule has 0 aliphatic heterocycles. The minimum absolute atomic E-state index is 0.0281. The smallest absolute Gasteiger partial charge is 0.247 e. The molecule has 0 heterocycles. The van der Waals surface area contributed by atoms with Gasteiger partial charge in [0.25, 0.3) is 0 Å². The molecule has 4 nitrogen and oxygen atoms in total. The Kier molecular flexibility index (Phi) is 9.80. The van der Waals surface area contributed by atoms with Crippen LogP contribution in [0.5, 0.6) is 0 Å². The van der Waals surface area contributed by atoms with Crippen LogP contribution in [0.3, 0.4) is 0 Å². The average molecular weight is 211 g/mol. The van der Waals surface area contributed by atoms with Gasteiger partial charge in [-0.1, -0.05) is 0 Å². The number of methoxy groups -OCH3 is 1. The van der Waals surface area contributed by atoms with Gasteiger partial charge in [-0.2, -0.15) is 0 Å². The van der Waals surface area contributed by atoms with Gasteiger partial charge in [-0.25, -0.2) is 0 Å². The average Bonchev–Trinajstić information content (AvgIpc) is 2.09. The molecule has 0 amide bonds. The third-order valence-electron chi connectivity index (χ3n) is 1.22. The molecule has 13 heavy (non-hydrogen) atoms. The van der Waals surface area contributed by atoms with E-state index in [0.717, 1.165) is 6.42 Å². The standard InChI is InChI=1S/C8H15ClO4/c1-11-5-6-12-3-2-4-13-7-8(9)10/h2-7H2,1H3. The van der Waals surface area contributed by atoms with Crippen molar-refractivity contribution in [3.63, 3.8) is 0 Å². The van der Waals surface area contributed by atoms with Gasteiger partial charge in [0.1, 0.15) is 6.61 Å². The highest BCUT2D eigenvalue weighted by atomic mass is 35.5. The molecule has 0 aliphatic carbocycles. The molecule has 0 saturated carbocycles. The Labute approximate surface area is 83.1 Å². The minimum Gasteiger partial charge on any atom is -0.382 e. The van der Waals surface area contributed by atoms with E-state index >= 15 is 0 Å². The lowest BCUT2D eigenvalue weighted by molar-refractivity contribution is -0.116. The molecule has 0 unspecified atom stereocenters. The first-order chi connectivity index (χ1) is 6.27. The Morgan fingerprint density at radius 2 is 1.85 bits per heavy atom. The third-order valence-corrected chi connectivity index (χ3v) is 1.33. The van der Waals surface area contributed by atoms with Crippen molar-refractivity contribution in [1.29, 1.82) is 0 Å². The molecule has 0 atom stereocenters. The van der Waals surface area contributed by atoms with Crippen LogP contribution in [0.25, 0.3) is 0 Å². The van der Waals surface area contributed by atoms with Gasteiger partial charge < -0.3 is 14.2 Å². The predicted molar refractivity (Wildman–Crippen MR) is 49.0 cm³/mol. The normalized spacial score (nSPS) is 10.3. The van der Waals surface area contributed by atoms with Crippen LogP contribution in [-0.2, 0) is 19.0 Å². The van der Waals surface area contributed by atoms with Crippen LogP contribution in [0.2, 0.25) is 0 Å². The number of rotatable bonds is 9. The van der Waals surface area contributed by atoms with Gasteiger partial charge in [0.2, 0.25) is 5.24 Å². The molecule has 0 bridgehead atoms. The van der Waals surface area contributed by atoms with Gasteiger partial charge in [-0.3, -0.25) is 4.79 Å². The number of hydrogen-bond donors (Lipinski definition) is 0. The van der Waals surface area contributed by atoms with Crippen molar-refractivity contribution in [2.24, 2.45) is 0 Å². The number of carbonyl (C=O) groups excluding carboxylic acids is 1. The molecule has 0 aliphatic rings. The second kappa shape index (κ2) is 9.92. The molecule has 0 spiro atoms. The van der Waals surface area contributed by atoms with E-state index < -0.39 is 5.24 Å². The zero-order chi connectivity index (χ0) is 9.94. The Balaban J connectivity index is 2.87. The third kappa shape index (κ3) is 11.8. The molecule has 0 N–H and O–H groups in total. The summed E-state index contributed by atoms with van der Waals surface area (Å²) in [6.45, 7) is 2.26. The summed E-state index contributed by atoms with van der Waals surface area (Å²) in [6.07, 6.45) is 0.758. The summed E-state index contributed by atoms with van der Waals surface area (Å²) in [5.41, 5.74) is 0. The van der Waals surface area contributed by atoms with Crippen molar-refractivity contribution >= 4 is 16.8 Å². The van der Waals surface area contributed by atoms with Gasteiger partial charge in [0, 0.05) is 20.3 Å². The number of hydrogen-bond acceptors (Lipinski definition) is 4. The van der Waals surface area contributed by atoms with Crippen molar-refractivity contribution < 1.29 is 19.0 Å². The fourth-order valence-corrected chi connectivity index (χ4v) is 0.737. The van der Waals surface area contributed by atoms with Crippen LogP contribution >= 0.6 is 11.6 Å². The van der Waals surface area contributed by atoms with Crippen molar-refractivity contribution in [2.75, 3.05) is 40.1 Å². The van der Waals surface area contributed by atoms with Crippen LogP contribution in [0.4, 0.5) is 0 Å². The van der Waals surface area contributed by atoms with E-state index in [1.807, 2.05) is 0 Å². The highest BCUT2D eigenvalue weighted by Crippen LogP contribution is 1.87. The van der Waals surface area contributed by atoms with Gasteiger partial charge in [0.15, 0.2) is 0 Å². The lowest BCUT2D eigenvalue weighted by Gasteiger charge is -2.03. The first kappa shape index (κ1) is 12.8. The molecule has 78 valence electrons. The maximum absolute atomic E-state index is 10.2. The minimum atomic E-state index is -0.472. The molecular weight excluding hydrogens is 196 g/mol. The monoisotopic (exact) mass is 210 g/mol. The summed E-state index contributed by atoms with van der Waals surface area (Å²) in [7, 11) is 1.62. The maximum atomic E-state index is 10.2. The summed E-state index contributed by atoms with van der Waals surface area (Å²) in [4.78, 5) is 10.2. The summed E-state index contributed by atoms with van der Waals surface area (Å²) in [6, 6.07) is 0. The SMILES string of the molecule is COCCOCCCOCC(=O)Cl. The molecule has 0 radical (unpaired) electrons. The molecule has 0 saturated heterocycles. The molecular formula is C8H15ClO4. The summed E-state index contributed by atoms with van der Waals surface area (Å²) in [5.74, 6) is 0. The van der Waals surface area contributed by atoms with E-state index in [-0.39, 0.29) is 6.61 Å². The molecule has 5 heteroatoms. The Hall–Kier alpha value is -0.160. The lowest BCUT2D eigenvalue weighted by atomic mass is 10.5. The zero-order valence-corrected chi connectivity index (χ0v) is 8.51. The first-order valence-corrected chi connectivity index (χ1v) is 4.48. The quantitative estimate of drug-likeness (QED) is 0.418. The van der Waals surface area contributed by atoms with Crippen molar-refractivity contribution in [2.45, 2.75) is 6.42 Å².